The van der Waals surface area contributed by atoms with Crippen molar-refractivity contribution in [2.24, 2.45) is 5.92 Å². The maximum absolute atomic E-state index is 12.0. The molecule has 4 nitrogen and oxygen atoms in total. The summed E-state index contributed by atoms with van der Waals surface area (Å²) >= 11 is 0. The predicted molar refractivity (Wildman–Crippen MR) is 110 cm³/mol. The van der Waals surface area contributed by atoms with Crippen LogP contribution in [0.1, 0.15) is 78.2 Å². The van der Waals surface area contributed by atoms with Crippen LogP contribution < -0.4 is 4.74 Å². The molecule has 0 aromatic heterocycles. The standard InChI is InChI=1S/C23H38O4/c1-5-7-9-11-19(3)18-26-22-14-12-21(13-15-22)17-23(24)27-20(4)25-16-10-8-6-2/h12-15,19-20H,5-11,16-18H2,1-4H3. The highest BCUT2D eigenvalue weighted by Crippen LogP contribution is 2.16. The summed E-state index contributed by atoms with van der Waals surface area (Å²) in [7, 11) is 0. The van der Waals surface area contributed by atoms with Gasteiger partial charge in [-0.1, -0.05) is 65.0 Å². The molecule has 0 radical (unpaired) electrons. The Balaban J connectivity index is 2.27. The van der Waals surface area contributed by atoms with Crippen LogP contribution in [0, 0.1) is 5.92 Å². The SMILES string of the molecule is CCCCCOC(C)OC(=O)Cc1ccc(OCC(C)CCCCC)cc1. The van der Waals surface area contributed by atoms with E-state index in [-0.39, 0.29) is 12.4 Å². The molecule has 2 unspecified atom stereocenters. The Labute approximate surface area is 165 Å². The van der Waals surface area contributed by atoms with Gasteiger partial charge in [0.15, 0.2) is 6.29 Å². The molecule has 0 fully saturated rings. The minimum atomic E-state index is -0.494. The van der Waals surface area contributed by atoms with E-state index in [1.54, 1.807) is 6.92 Å². The summed E-state index contributed by atoms with van der Waals surface area (Å²) in [6.07, 6.45) is 8.04. The molecule has 0 amide bonds. The van der Waals surface area contributed by atoms with Gasteiger partial charge in [0.1, 0.15) is 5.75 Å². The first-order valence-electron chi connectivity index (χ1n) is 10.6. The van der Waals surface area contributed by atoms with E-state index in [1.165, 1.54) is 25.7 Å². The highest BCUT2D eigenvalue weighted by Gasteiger charge is 2.11. The summed E-state index contributed by atoms with van der Waals surface area (Å²) in [6, 6.07) is 7.69. The molecule has 1 rings (SSSR count). The van der Waals surface area contributed by atoms with Gasteiger partial charge in [-0.25, -0.2) is 0 Å². The van der Waals surface area contributed by atoms with Crippen LogP contribution in [-0.4, -0.2) is 25.5 Å². The minimum Gasteiger partial charge on any atom is -0.493 e. The number of esters is 1. The molecule has 0 saturated carbocycles. The minimum absolute atomic E-state index is 0.246. The van der Waals surface area contributed by atoms with Crippen molar-refractivity contribution >= 4 is 5.97 Å². The molecule has 0 aliphatic heterocycles. The molecule has 0 spiro atoms. The Morgan fingerprint density at radius 2 is 1.63 bits per heavy atom. The Hall–Kier alpha value is -1.55. The molecule has 0 bridgehead atoms. The summed E-state index contributed by atoms with van der Waals surface area (Å²) in [5.74, 6) is 1.14. The van der Waals surface area contributed by atoms with Gasteiger partial charge < -0.3 is 14.2 Å². The Morgan fingerprint density at radius 3 is 2.30 bits per heavy atom. The van der Waals surface area contributed by atoms with Crippen molar-refractivity contribution in [1.82, 2.24) is 0 Å². The van der Waals surface area contributed by atoms with Crippen LogP contribution in [0.15, 0.2) is 24.3 Å². The number of carbonyl (C=O) groups excluding carboxylic acids is 1. The lowest BCUT2D eigenvalue weighted by Gasteiger charge is -2.14. The molecule has 1 aromatic carbocycles. The average molecular weight is 379 g/mol. The number of carbonyl (C=O) groups is 1. The van der Waals surface area contributed by atoms with Crippen molar-refractivity contribution < 1.29 is 19.0 Å². The predicted octanol–water partition coefficient (Wildman–Crippen LogP) is 5.92. The molecule has 4 heteroatoms. The van der Waals surface area contributed by atoms with Gasteiger partial charge in [0, 0.05) is 0 Å². The topological polar surface area (TPSA) is 44.8 Å². The van der Waals surface area contributed by atoms with Crippen molar-refractivity contribution in [2.75, 3.05) is 13.2 Å². The molecule has 0 saturated heterocycles. The summed E-state index contributed by atoms with van der Waals surface area (Å²) in [5.41, 5.74) is 0.918. The zero-order valence-corrected chi connectivity index (χ0v) is 17.7. The molecule has 0 aliphatic carbocycles. The highest BCUT2D eigenvalue weighted by molar-refractivity contribution is 5.72. The van der Waals surface area contributed by atoms with Crippen molar-refractivity contribution in [1.29, 1.82) is 0 Å². The van der Waals surface area contributed by atoms with E-state index >= 15 is 0 Å². The van der Waals surface area contributed by atoms with Crippen LogP contribution in [0.3, 0.4) is 0 Å². The summed E-state index contributed by atoms with van der Waals surface area (Å²) in [4.78, 5) is 12.0. The Kier molecular flexibility index (Phi) is 12.6. The van der Waals surface area contributed by atoms with Crippen LogP contribution in [0.25, 0.3) is 0 Å². The van der Waals surface area contributed by atoms with Gasteiger partial charge in [0.05, 0.1) is 19.6 Å². The number of unbranched alkanes of at least 4 members (excludes halogenated alkanes) is 4. The quantitative estimate of drug-likeness (QED) is 0.216. The second-order valence-corrected chi connectivity index (χ2v) is 7.37. The maximum Gasteiger partial charge on any atom is 0.312 e. The van der Waals surface area contributed by atoms with Crippen molar-refractivity contribution in [3.8, 4) is 5.75 Å². The molecule has 154 valence electrons. The smallest absolute Gasteiger partial charge is 0.312 e. The van der Waals surface area contributed by atoms with Crippen LogP contribution in [0.5, 0.6) is 5.75 Å². The van der Waals surface area contributed by atoms with Crippen LogP contribution >= 0.6 is 0 Å². The van der Waals surface area contributed by atoms with Crippen molar-refractivity contribution in [2.45, 2.75) is 85.4 Å². The van der Waals surface area contributed by atoms with Gasteiger partial charge in [-0.3, -0.25) is 4.79 Å². The molecular formula is C23H38O4. The zero-order chi connectivity index (χ0) is 19.9. The van der Waals surface area contributed by atoms with Gasteiger partial charge in [-0.15, -0.1) is 0 Å². The maximum atomic E-state index is 12.0. The van der Waals surface area contributed by atoms with Gasteiger partial charge in [-0.05, 0) is 43.4 Å². The first kappa shape index (κ1) is 23.5. The van der Waals surface area contributed by atoms with E-state index in [0.717, 1.165) is 37.2 Å². The summed E-state index contributed by atoms with van der Waals surface area (Å²) in [5, 5.41) is 0. The van der Waals surface area contributed by atoms with Gasteiger partial charge in [-0.2, -0.15) is 0 Å². The van der Waals surface area contributed by atoms with E-state index in [0.29, 0.717) is 12.5 Å². The fourth-order valence-corrected chi connectivity index (χ4v) is 2.80. The average Bonchev–Trinajstić information content (AvgIpc) is 2.65. The van der Waals surface area contributed by atoms with E-state index in [4.69, 9.17) is 14.2 Å². The largest absolute Gasteiger partial charge is 0.493 e. The number of hydrogen-bond acceptors (Lipinski definition) is 4. The van der Waals surface area contributed by atoms with Crippen LogP contribution in [0.4, 0.5) is 0 Å². The fourth-order valence-electron chi connectivity index (χ4n) is 2.80. The number of hydrogen-bond donors (Lipinski definition) is 0. The lowest BCUT2D eigenvalue weighted by atomic mass is 10.0. The molecule has 0 aliphatic rings. The molecular weight excluding hydrogens is 340 g/mol. The van der Waals surface area contributed by atoms with Crippen LogP contribution in [0.2, 0.25) is 0 Å². The van der Waals surface area contributed by atoms with E-state index in [9.17, 15) is 4.79 Å². The number of benzene rings is 1. The van der Waals surface area contributed by atoms with E-state index in [2.05, 4.69) is 20.8 Å². The van der Waals surface area contributed by atoms with Gasteiger partial charge >= 0.3 is 5.97 Å². The molecule has 2 atom stereocenters. The highest BCUT2D eigenvalue weighted by atomic mass is 16.7. The first-order chi connectivity index (χ1) is 13.0. The number of ether oxygens (including phenoxy) is 3. The molecule has 27 heavy (non-hydrogen) atoms. The second kappa shape index (κ2) is 14.5. The Bertz CT molecular complexity index is 498. The van der Waals surface area contributed by atoms with E-state index < -0.39 is 6.29 Å². The molecule has 0 N–H and O–H groups in total. The number of rotatable bonds is 15. The first-order valence-corrected chi connectivity index (χ1v) is 10.6. The van der Waals surface area contributed by atoms with Gasteiger partial charge in [0.2, 0.25) is 0 Å². The van der Waals surface area contributed by atoms with E-state index in [1.807, 2.05) is 24.3 Å². The zero-order valence-electron chi connectivity index (χ0n) is 17.7. The third-order valence-corrected chi connectivity index (χ3v) is 4.50. The molecule has 1 aromatic rings. The third kappa shape index (κ3) is 11.7. The second-order valence-electron chi connectivity index (χ2n) is 7.37. The Morgan fingerprint density at radius 1 is 0.963 bits per heavy atom. The normalized spacial score (nSPS) is 13.2. The fraction of sp³-hybridized carbons (Fsp3) is 0.696. The van der Waals surface area contributed by atoms with Crippen molar-refractivity contribution in [3.05, 3.63) is 29.8 Å². The molecule has 0 heterocycles. The van der Waals surface area contributed by atoms with Crippen molar-refractivity contribution in [3.63, 3.8) is 0 Å². The lowest BCUT2D eigenvalue weighted by Crippen LogP contribution is -2.20. The van der Waals surface area contributed by atoms with Gasteiger partial charge in [0.25, 0.3) is 0 Å². The summed E-state index contributed by atoms with van der Waals surface area (Å²) < 4.78 is 16.6. The summed E-state index contributed by atoms with van der Waals surface area (Å²) in [6.45, 7) is 9.73. The lowest BCUT2D eigenvalue weighted by molar-refractivity contribution is -0.174. The third-order valence-electron chi connectivity index (χ3n) is 4.50. The van der Waals surface area contributed by atoms with Crippen LogP contribution in [-0.2, 0) is 20.7 Å². The monoisotopic (exact) mass is 378 g/mol.